The van der Waals surface area contributed by atoms with Crippen LogP contribution in [-0.4, -0.2) is 31.1 Å². The summed E-state index contributed by atoms with van der Waals surface area (Å²) in [6.07, 6.45) is 5.31. The first-order chi connectivity index (χ1) is 11.1. The quantitative estimate of drug-likeness (QED) is 0.760. The number of hydrogen-bond donors (Lipinski definition) is 2. The molecule has 126 valence electrons. The van der Waals surface area contributed by atoms with Gasteiger partial charge in [0.15, 0.2) is 0 Å². The van der Waals surface area contributed by atoms with Crippen LogP contribution < -0.4 is 15.5 Å². The van der Waals surface area contributed by atoms with Crippen molar-refractivity contribution in [2.75, 3.05) is 18.0 Å². The summed E-state index contributed by atoms with van der Waals surface area (Å²) in [4.78, 5) is 25.9. The van der Waals surface area contributed by atoms with E-state index in [1.54, 1.807) is 4.90 Å². The smallest absolute Gasteiger partial charge is 0.315 e. The van der Waals surface area contributed by atoms with Gasteiger partial charge in [-0.05, 0) is 31.4 Å². The molecule has 1 unspecified atom stereocenters. The van der Waals surface area contributed by atoms with Crippen LogP contribution in [0.1, 0.15) is 45.1 Å². The zero-order valence-corrected chi connectivity index (χ0v) is 14.1. The van der Waals surface area contributed by atoms with Gasteiger partial charge in [0.25, 0.3) is 0 Å². The van der Waals surface area contributed by atoms with Crippen LogP contribution in [-0.2, 0) is 11.2 Å². The largest absolute Gasteiger partial charge is 0.336 e. The molecule has 2 N–H and O–H groups in total. The minimum atomic E-state index is -0.269. The van der Waals surface area contributed by atoms with Crippen LogP contribution >= 0.6 is 0 Å². The fourth-order valence-corrected chi connectivity index (χ4v) is 2.90. The molecule has 0 saturated carbocycles. The predicted octanol–water partition coefficient (Wildman–Crippen LogP) is 2.84. The van der Waals surface area contributed by atoms with Gasteiger partial charge in [0.2, 0.25) is 5.91 Å². The number of benzene rings is 1. The molecule has 0 aromatic heterocycles. The first kappa shape index (κ1) is 17.3. The highest BCUT2D eigenvalue weighted by molar-refractivity contribution is 5.98. The van der Waals surface area contributed by atoms with Gasteiger partial charge >= 0.3 is 6.03 Å². The van der Waals surface area contributed by atoms with E-state index in [1.165, 1.54) is 18.4 Å². The summed E-state index contributed by atoms with van der Waals surface area (Å²) in [5, 5.41) is 5.55. The van der Waals surface area contributed by atoms with Crippen molar-refractivity contribution < 1.29 is 9.59 Å². The van der Waals surface area contributed by atoms with Gasteiger partial charge < -0.3 is 15.5 Å². The van der Waals surface area contributed by atoms with Gasteiger partial charge in [-0.25, -0.2) is 4.79 Å². The van der Waals surface area contributed by atoms with E-state index in [0.717, 1.165) is 24.9 Å². The van der Waals surface area contributed by atoms with E-state index in [0.29, 0.717) is 6.54 Å². The Bertz CT molecular complexity index is 545. The maximum Gasteiger partial charge on any atom is 0.315 e. The minimum absolute atomic E-state index is 0.0296. The summed E-state index contributed by atoms with van der Waals surface area (Å²) < 4.78 is 0. The van der Waals surface area contributed by atoms with Gasteiger partial charge in [-0.3, -0.25) is 4.79 Å². The fourth-order valence-electron chi connectivity index (χ4n) is 2.90. The maximum atomic E-state index is 12.3. The summed E-state index contributed by atoms with van der Waals surface area (Å²) in [5.74, 6) is -0.0660. The molecule has 23 heavy (non-hydrogen) atoms. The molecule has 0 saturated heterocycles. The molecule has 1 heterocycles. The number of amides is 3. The second kappa shape index (κ2) is 8.56. The Hall–Kier alpha value is -2.04. The van der Waals surface area contributed by atoms with Crippen LogP contribution in [0.4, 0.5) is 10.5 Å². The van der Waals surface area contributed by atoms with Crippen molar-refractivity contribution >= 4 is 17.6 Å². The Morgan fingerprint density at radius 1 is 1.26 bits per heavy atom. The highest BCUT2D eigenvalue weighted by Gasteiger charge is 2.24. The third-order valence-corrected chi connectivity index (χ3v) is 4.21. The third-order valence-electron chi connectivity index (χ3n) is 4.21. The maximum absolute atomic E-state index is 12.3. The number of unbranched alkanes of at least 4 members (excludes halogenated alkanes) is 2. The average molecular weight is 317 g/mol. The molecule has 1 atom stereocenters. The molecule has 1 aliphatic rings. The van der Waals surface area contributed by atoms with E-state index >= 15 is 0 Å². The lowest BCUT2D eigenvalue weighted by Gasteiger charge is -2.18. The first-order valence-corrected chi connectivity index (χ1v) is 8.54. The topological polar surface area (TPSA) is 61.4 Å². The van der Waals surface area contributed by atoms with E-state index in [9.17, 15) is 9.59 Å². The number of para-hydroxylation sites is 1. The van der Waals surface area contributed by atoms with Crippen LogP contribution in [0.2, 0.25) is 0 Å². The fraction of sp³-hybridized carbons (Fsp3) is 0.556. The molecule has 1 aliphatic heterocycles. The number of hydrogen-bond acceptors (Lipinski definition) is 2. The van der Waals surface area contributed by atoms with Crippen LogP contribution in [0, 0.1) is 0 Å². The summed E-state index contributed by atoms with van der Waals surface area (Å²) >= 11 is 0. The zero-order valence-electron chi connectivity index (χ0n) is 14.1. The Kier molecular flexibility index (Phi) is 6.44. The Morgan fingerprint density at radius 3 is 2.83 bits per heavy atom. The summed E-state index contributed by atoms with van der Waals surface area (Å²) in [7, 11) is 0. The Balaban J connectivity index is 1.73. The van der Waals surface area contributed by atoms with Crippen molar-refractivity contribution in [3.8, 4) is 0 Å². The standard InChI is InChI=1S/C18H27N3O2/c1-3-4-5-8-14(2)20-18(23)19-13-17(22)21-12-11-15-9-6-7-10-16(15)21/h6-7,9-10,14H,3-5,8,11-13H2,1-2H3,(H2,19,20,23). The number of nitrogens with one attached hydrogen (secondary N) is 2. The summed E-state index contributed by atoms with van der Waals surface area (Å²) in [6.45, 7) is 4.87. The summed E-state index contributed by atoms with van der Waals surface area (Å²) in [6, 6.07) is 7.77. The highest BCUT2D eigenvalue weighted by Crippen LogP contribution is 2.27. The van der Waals surface area contributed by atoms with Gasteiger partial charge in [-0.2, -0.15) is 0 Å². The van der Waals surface area contributed by atoms with Crippen molar-refractivity contribution in [3.05, 3.63) is 29.8 Å². The molecule has 0 bridgehead atoms. The van der Waals surface area contributed by atoms with Gasteiger partial charge in [0, 0.05) is 18.3 Å². The number of nitrogens with zero attached hydrogens (tertiary/aromatic N) is 1. The Morgan fingerprint density at radius 2 is 2.04 bits per heavy atom. The van der Waals surface area contributed by atoms with Gasteiger partial charge in [-0.15, -0.1) is 0 Å². The van der Waals surface area contributed by atoms with Crippen LogP contribution in [0.3, 0.4) is 0 Å². The molecule has 2 rings (SSSR count). The van der Waals surface area contributed by atoms with Gasteiger partial charge in [-0.1, -0.05) is 44.4 Å². The first-order valence-electron chi connectivity index (χ1n) is 8.54. The van der Waals surface area contributed by atoms with E-state index in [-0.39, 0.29) is 24.5 Å². The number of carbonyl (C=O) groups is 2. The molecule has 0 aliphatic carbocycles. The SMILES string of the molecule is CCCCCC(C)NC(=O)NCC(=O)N1CCc2ccccc21. The Labute approximate surface area is 138 Å². The van der Waals surface area contributed by atoms with Crippen LogP contribution in [0.15, 0.2) is 24.3 Å². The molecular weight excluding hydrogens is 290 g/mol. The van der Waals surface area contributed by atoms with E-state index < -0.39 is 0 Å². The zero-order chi connectivity index (χ0) is 16.7. The van der Waals surface area contributed by atoms with Gasteiger partial charge in [0.1, 0.15) is 0 Å². The number of carbonyl (C=O) groups excluding carboxylic acids is 2. The van der Waals surface area contributed by atoms with Crippen molar-refractivity contribution in [3.63, 3.8) is 0 Å². The van der Waals surface area contributed by atoms with Crippen molar-refractivity contribution in [2.45, 2.75) is 52.0 Å². The lowest BCUT2D eigenvalue weighted by Crippen LogP contribution is -2.45. The van der Waals surface area contributed by atoms with Crippen molar-refractivity contribution in [1.29, 1.82) is 0 Å². The van der Waals surface area contributed by atoms with E-state index in [2.05, 4.69) is 17.6 Å². The monoisotopic (exact) mass is 317 g/mol. The number of urea groups is 1. The highest BCUT2D eigenvalue weighted by atomic mass is 16.2. The summed E-state index contributed by atoms with van der Waals surface area (Å²) in [5.41, 5.74) is 2.16. The lowest BCUT2D eigenvalue weighted by atomic mass is 10.1. The normalized spacial score (nSPS) is 14.3. The van der Waals surface area contributed by atoms with E-state index in [4.69, 9.17) is 0 Å². The number of anilines is 1. The molecule has 0 fully saturated rings. The molecule has 1 aromatic carbocycles. The van der Waals surface area contributed by atoms with Crippen LogP contribution in [0.25, 0.3) is 0 Å². The molecule has 1 aromatic rings. The number of rotatable bonds is 7. The molecule has 5 heteroatoms. The molecule has 0 spiro atoms. The second-order valence-electron chi connectivity index (χ2n) is 6.15. The average Bonchev–Trinajstić information content (AvgIpc) is 2.97. The second-order valence-corrected chi connectivity index (χ2v) is 6.15. The van der Waals surface area contributed by atoms with Gasteiger partial charge in [0.05, 0.1) is 6.54 Å². The van der Waals surface area contributed by atoms with Crippen molar-refractivity contribution in [1.82, 2.24) is 10.6 Å². The van der Waals surface area contributed by atoms with Crippen molar-refractivity contribution in [2.24, 2.45) is 0 Å². The van der Waals surface area contributed by atoms with E-state index in [1.807, 2.05) is 31.2 Å². The number of fused-ring (bicyclic) bond motifs is 1. The molecule has 3 amide bonds. The molecule has 5 nitrogen and oxygen atoms in total. The molecular formula is C18H27N3O2. The lowest BCUT2D eigenvalue weighted by molar-refractivity contribution is -0.117. The minimum Gasteiger partial charge on any atom is -0.336 e. The predicted molar refractivity (Wildman–Crippen MR) is 92.6 cm³/mol. The van der Waals surface area contributed by atoms with Crippen LogP contribution in [0.5, 0.6) is 0 Å². The molecule has 0 radical (unpaired) electrons. The third kappa shape index (κ3) is 4.98.